The molecule has 2 amide bonds. The molecule has 33 heavy (non-hydrogen) atoms. The van der Waals surface area contributed by atoms with Gasteiger partial charge in [0.2, 0.25) is 0 Å². The maximum absolute atomic E-state index is 13.2. The lowest BCUT2D eigenvalue weighted by Gasteiger charge is -2.15. The molecule has 174 valence electrons. The van der Waals surface area contributed by atoms with Crippen LogP contribution in [0.25, 0.3) is 10.1 Å². The van der Waals surface area contributed by atoms with Gasteiger partial charge in [0, 0.05) is 26.0 Å². The standard InChI is InChI=1S/C22H20Cl2N2O4S3/c23-11-5-6-14-16(9-11)31-19(18(14)24)21(28)26-22-17(13-3-1-2-4-15(13)32-22)20(27)25-12-7-8-33(29,30)10-12/h5-6,9,12H,1-4,7-8,10H2,(H,25,27)(H,26,28)/t12-/m0/s1. The quantitative estimate of drug-likeness (QED) is 0.466. The van der Waals surface area contributed by atoms with Gasteiger partial charge in [0.1, 0.15) is 9.88 Å². The highest BCUT2D eigenvalue weighted by Crippen LogP contribution is 2.41. The number of halogens is 2. The van der Waals surface area contributed by atoms with Crippen molar-refractivity contribution in [3.05, 3.63) is 49.1 Å². The van der Waals surface area contributed by atoms with E-state index in [1.807, 2.05) is 0 Å². The number of nitrogens with one attached hydrogen (secondary N) is 2. The fraction of sp³-hybridized carbons (Fsp3) is 0.364. The van der Waals surface area contributed by atoms with Gasteiger partial charge < -0.3 is 10.6 Å². The topological polar surface area (TPSA) is 92.3 Å². The molecule has 0 saturated carbocycles. The first-order valence-electron chi connectivity index (χ1n) is 10.6. The van der Waals surface area contributed by atoms with Crippen LogP contribution in [0.1, 0.15) is 49.7 Å². The minimum Gasteiger partial charge on any atom is -0.348 e. The number of rotatable bonds is 4. The largest absolute Gasteiger partial charge is 0.348 e. The number of anilines is 1. The van der Waals surface area contributed by atoms with Crippen LogP contribution in [0.2, 0.25) is 10.0 Å². The zero-order chi connectivity index (χ0) is 23.3. The maximum Gasteiger partial charge on any atom is 0.267 e. The summed E-state index contributed by atoms with van der Waals surface area (Å²) in [6.45, 7) is 0. The lowest BCUT2D eigenvalue weighted by atomic mass is 9.95. The van der Waals surface area contributed by atoms with Crippen LogP contribution in [0.4, 0.5) is 5.00 Å². The highest BCUT2D eigenvalue weighted by atomic mass is 35.5. The molecule has 6 nitrogen and oxygen atoms in total. The molecule has 0 bridgehead atoms. The van der Waals surface area contributed by atoms with Crippen molar-refractivity contribution in [2.75, 3.05) is 16.8 Å². The van der Waals surface area contributed by atoms with E-state index in [-0.39, 0.29) is 23.3 Å². The van der Waals surface area contributed by atoms with Gasteiger partial charge in [-0.2, -0.15) is 0 Å². The van der Waals surface area contributed by atoms with Crippen LogP contribution in [0.3, 0.4) is 0 Å². The lowest BCUT2D eigenvalue weighted by molar-refractivity contribution is 0.0941. The van der Waals surface area contributed by atoms with Crippen LogP contribution in [0, 0.1) is 0 Å². The van der Waals surface area contributed by atoms with E-state index in [1.54, 1.807) is 18.2 Å². The Labute approximate surface area is 209 Å². The fourth-order valence-electron chi connectivity index (χ4n) is 4.41. The Bertz CT molecular complexity index is 1390. The summed E-state index contributed by atoms with van der Waals surface area (Å²) in [5, 5.41) is 7.95. The number of sulfone groups is 1. The zero-order valence-electron chi connectivity index (χ0n) is 17.4. The molecule has 11 heteroatoms. The molecule has 1 atom stereocenters. The Hall–Kier alpha value is -1.65. The second-order valence-corrected chi connectivity index (χ2v) is 13.5. The van der Waals surface area contributed by atoms with Crippen molar-refractivity contribution >= 4 is 82.6 Å². The first-order chi connectivity index (χ1) is 15.7. The molecular weight excluding hydrogens is 523 g/mol. The number of thiophene rings is 2. The molecule has 1 aliphatic carbocycles. The number of benzene rings is 1. The molecular formula is C22H20Cl2N2O4S3. The van der Waals surface area contributed by atoms with Gasteiger partial charge >= 0.3 is 0 Å². The summed E-state index contributed by atoms with van der Waals surface area (Å²) >= 11 is 15.2. The molecule has 2 aliphatic rings. The summed E-state index contributed by atoms with van der Waals surface area (Å²) in [7, 11) is -3.12. The molecule has 1 saturated heterocycles. The molecule has 1 aromatic carbocycles. The normalized spacial score (nSPS) is 19.4. The Morgan fingerprint density at radius 2 is 1.85 bits per heavy atom. The van der Waals surface area contributed by atoms with Gasteiger partial charge in [0.25, 0.3) is 11.8 Å². The van der Waals surface area contributed by atoms with Crippen LogP contribution in [-0.2, 0) is 22.7 Å². The van der Waals surface area contributed by atoms with Gasteiger partial charge in [-0.3, -0.25) is 9.59 Å². The third-order valence-corrected chi connectivity index (χ3v) is 10.9. The minimum absolute atomic E-state index is 0.0489. The summed E-state index contributed by atoms with van der Waals surface area (Å²) in [4.78, 5) is 27.9. The van der Waals surface area contributed by atoms with E-state index in [1.165, 1.54) is 22.7 Å². The van der Waals surface area contributed by atoms with E-state index >= 15 is 0 Å². The lowest BCUT2D eigenvalue weighted by Crippen LogP contribution is -2.36. The van der Waals surface area contributed by atoms with Crippen molar-refractivity contribution in [1.82, 2.24) is 5.32 Å². The van der Waals surface area contributed by atoms with Crippen LogP contribution >= 0.6 is 45.9 Å². The Balaban J connectivity index is 1.46. The third-order valence-electron chi connectivity index (χ3n) is 5.99. The highest BCUT2D eigenvalue weighted by Gasteiger charge is 2.32. The van der Waals surface area contributed by atoms with E-state index in [0.29, 0.717) is 31.9 Å². The molecule has 3 aromatic rings. The molecule has 1 fully saturated rings. The van der Waals surface area contributed by atoms with Crippen molar-refractivity contribution in [3.8, 4) is 0 Å². The zero-order valence-corrected chi connectivity index (χ0v) is 21.3. The van der Waals surface area contributed by atoms with Gasteiger partial charge in [-0.1, -0.05) is 29.3 Å². The molecule has 2 N–H and O–H groups in total. The van der Waals surface area contributed by atoms with Crippen LogP contribution in [-0.4, -0.2) is 37.8 Å². The molecule has 0 radical (unpaired) electrons. The van der Waals surface area contributed by atoms with E-state index in [4.69, 9.17) is 23.2 Å². The maximum atomic E-state index is 13.2. The number of hydrogen-bond donors (Lipinski definition) is 2. The van der Waals surface area contributed by atoms with Crippen molar-refractivity contribution in [1.29, 1.82) is 0 Å². The van der Waals surface area contributed by atoms with E-state index in [0.717, 1.165) is 46.2 Å². The first-order valence-corrected chi connectivity index (χ1v) is 14.8. The minimum atomic E-state index is -3.12. The average molecular weight is 544 g/mol. The van der Waals surface area contributed by atoms with Crippen molar-refractivity contribution in [3.63, 3.8) is 0 Å². The van der Waals surface area contributed by atoms with E-state index in [9.17, 15) is 18.0 Å². The monoisotopic (exact) mass is 542 g/mol. The van der Waals surface area contributed by atoms with Crippen LogP contribution in [0.15, 0.2) is 18.2 Å². The van der Waals surface area contributed by atoms with Crippen molar-refractivity contribution < 1.29 is 18.0 Å². The third kappa shape index (κ3) is 4.53. The molecule has 2 aromatic heterocycles. The van der Waals surface area contributed by atoms with E-state index < -0.39 is 15.9 Å². The summed E-state index contributed by atoms with van der Waals surface area (Å²) in [6.07, 6.45) is 4.03. The molecule has 0 spiro atoms. The molecule has 1 aliphatic heterocycles. The van der Waals surface area contributed by atoms with Gasteiger partial charge in [-0.05, 0) is 49.8 Å². The summed E-state index contributed by atoms with van der Waals surface area (Å²) < 4.78 is 24.4. The number of carbonyl (C=O) groups is 2. The Morgan fingerprint density at radius 1 is 1.06 bits per heavy atom. The Morgan fingerprint density at radius 3 is 2.61 bits per heavy atom. The van der Waals surface area contributed by atoms with Gasteiger partial charge in [0.05, 0.1) is 22.1 Å². The highest BCUT2D eigenvalue weighted by molar-refractivity contribution is 7.91. The number of amides is 2. The predicted molar refractivity (Wildman–Crippen MR) is 135 cm³/mol. The number of hydrogen-bond acceptors (Lipinski definition) is 6. The summed E-state index contributed by atoms with van der Waals surface area (Å²) in [5.41, 5.74) is 1.40. The summed E-state index contributed by atoms with van der Waals surface area (Å²) in [6, 6.07) is 4.87. The molecule has 0 unspecified atom stereocenters. The SMILES string of the molecule is O=C(Nc1sc2c(c1C(=O)N[C@H]1CCS(=O)(=O)C1)CCCC2)c1sc2cc(Cl)ccc2c1Cl. The average Bonchev–Trinajstić information content (AvgIpc) is 3.40. The van der Waals surface area contributed by atoms with Crippen LogP contribution in [0.5, 0.6) is 0 Å². The van der Waals surface area contributed by atoms with Gasteiger partial charge in [-0.25, -0.2) is 8.42 Å². The second kappa shape index (κ2) is 8.85. The summed E-state index contributed by atoms with van der Waals surface area (Å²) in [5.74, 6) is -0.681. The Kier molecular flexibility index (Phi) is 6.20. The predicted octanol–water partition coefficient (Wildman–Crippen LogP) is 5.32. The number of fused-ring (bicyclic) bond motifs is 2. The first kappa shape index (κ1) is 23.1. The van der Waals surface area contributed by atoms with Gasteiger partial charge in [0.15, 0.2) is 9.84 Å². The van der Waals surface area contributed by atoms with Crippen molar-refractivity contribution in [2.45, 2.75) is 38.1 Å². The fourth-order valence-corrected chi connectivity index (χ4v) is 9.05. The smallest absolute Gasteiger partial charge is 0.267 e. The molecule has 3 heterocycles. The number of aryl methyl sites for hydroxylation is 1. The second-order valence-electron chi connectivity index (χ2n) is 8.33. The number of carbonyl (C=O) groups excluding carboxylic acids is 2. The van der Waals surface area contributed by atoms with Crippen molar-refractivity contribution in [2.24, 2.45) is 0 Å². The molecule has 5 rings (SSSR count). The van der Waals surface area contributed by atoms with Gasteiger partial charge in [-0.15, -0.1) is 22.7 Å². The van der Waals surface area contributed by atoms with E-state index in [2.05, 4.69) is 10.6 Å². The van der Waals surface area contributed by atoms with Crippen LogP contribution < -0.4 is 10.6 Å².